The summed E-state index contributed by atoms with van der Waals surface area (Å²) >= 11 is 0. The van der Waals surface area contributed by atoms with E-state index in [2.05, 4.69) is 75.3 Å². The molecule has 0 atom stereocenters. The predicted octanol–water partition coefficient (Wildman–Crippen LogP) is 7.14. The Bertz CT molecular complexity index is 1090. The average Bonchev–Trinajstić information content (AvgIpc) is 3.15. The van der Waals surface area contributed by atoms with Gasteiger partial charge in [-0.1, -0.05) is 48.5 Å². The van der Waals surface area contributed by atoms with Gasteiger partial charge in [0.2, 0.25) is 0 Å². The van der Waals surface area contributed by atoms with Crippen LogP contribution in [-0.2, 0) is 0 Å². The first-order valence-electron chi connectivity index (χ1n) is 10.3. The largest absolute Gasteiger partial charge is 0.506 e. The lowest BCUT2D eigenvalue weighted by molar-refractivity contribution is 0.514. The van der Waals surface area contributed by atoms with E-state index in [4.69, 9.17) is 0 Å². The molecular weight excluding hydrogens is 366 g/mol. The number of benzene rings is 2. The average molecular weight is 394 g/mol. The maximum Gasteiger partial charge on any atom is 0.155 e. The third-order valence-electron chi connectivity index (χ3n) is 5.36. The minimum atomic E-state index is 0.108. The Kier molecular flexibility index (Phi) is 5.15. The maximum atomic E-state index is 4.53. The first kappa shape index (κ1) is 19.9. The Labute approximate surface area is 179 Å². The van der Waals surface area contributed by atoms with Crippen molar-refractivity contribution >= 4 is 11.4 Å². The van der Waals surface area contributed by atoms with Crippen LogP contribution in [0.1, 0.15) is 40.2 Å². The lowest BCUT2D eigenvalue weighted by atomic mass is 9.77. The first-order chi connectivity index (χ1) is 14.3. The van der Waals surface area contributed by atoms with E-state index >= 15 is 0 Å². The van der Waals surface area contributed by atoms with Crippen molar-refractivity contribution < 1.29 is 0 Å². The van der Waals surface area contributed by atoms with E-state index in [1.165, 1.54) is 17.1 Å². The molecule has 0 spiro atoms. The van der Waals surface area contributed by atoms with E-state index in [9.17, 15) is 0 Å². The molecule has 150 valence electrons. The van der Waals surface area contributed by atoms with Crippen molar-refractivity contribution in [2.24, 2.45) is 10.5 Å². The van der Waals surface area contributed by atoms with E-state index in [-0.39, 0.29) is 5.41 Å². The summed E-state index contributed by atoms with van der Waals surface area (Å²) < 4.78 is 0. The van der Waals surface area contributed by atoms with Gasteiger partial charge in [0.05, 0.1) is 17.2 Å². The number of hydrogen-bond donors (Lipinski definition) is 0. The highest BCUT2D eigenvalue weighted by molar-refractivity contribution is 6.17. The molecule has 2 aliphatic rings. The molecule has 30 heavy (non-hydrogen) atoms. The summed E-state index contributed by atoms with van der Waals surface area (Å²) in [6.45, 7) is 11.1. The van der Waals surface area contributed by atoms with Crippen LogP contribution >= 0.6 is 0 Å². The third kappa shape index (κ3) is 3.85. The number of anilines is 1. The number of nitrogens with zero attached hydrogens (tertiary/aromatic N) is 3. The van der Waals surface area contributed by atoms with Crippen molar-refractivity contribution in [2.45, 2.75) is 34.6 Å². The molecule has 3 heteroatoms. The predicted molar refractivity (Wildman–Crippen MR) is 126 cm³/mol. The summed E-state index contributed by atoms with van der Waals surface area (Å²) in [6.07, 6.45) is 4.54. The van der Waals surface area contributed by atoms with Gasteiger partial charge < -0.3 is 15.6 Å². The standard InChI is InChI=1S/C27H27N3/c1-19-16-22(27(3,4)5)17-20(2)24(19)18-25-26(21-12-8-6-9-13-21)28-29-30(25)23-14-10-7-11-15-23/h6-17H,1-5H3. The van der Waals surface area contributed by atoms with E-state index in [0.29, 0.717) is 0 Å². The minimum Gasteiger partial charge on any atom is -0.506 e. The topological polar surface area (TPSA) is 29.7 Å². The van der Waals surface area contributed by atoms with Crippen LogP contribution in [0, 0.1) is 11.3 Å². The highest BCUT2D eigenvalue weighted by Crippen LogP contribution is 2.38. The lowest BCUT2D eigenvalue weighted by Crippen LogP contribution is -2.17. The van der Waals surface area contributed by atoms with Crippen LogP contribution < -0.4 is 5.01 Å². The molecule has 0 aromatic heterocycles. The lowest BCUT2D eigenvalue weighted by Gasteiger charge is -2.29. The number of hydrogen-bond acceptors (Lipinski definition) is 2. The molecule has 4 rings (SSSR count). The highest BCUT2D eigenvalue weighted by atomic mass is 15.7. The van der Waals surface area contributed by atoms with Crippen LogP contribution in [-0.4, -0.2) is 5.71 Å². The molecule has 0 unspecified atom stereocenters. The van der Waals surface area contributed by atoms with Crippen molar-refractivity contribution in [3.8, 4) is 0 Å². The van der Waals surface area contributed by atoms with Gasteiger partial charge in [-0.15, -0.1) is 0 Å². The van der Waals surface area contributed by atoms with Gasteiger partial charge in [0.1, 0.15) is 0 Å². The van der Waals surface area contributed by atoms with Crippen LogP contribution in [0.15, 0.2) is 106 Å². The van der Waals surface area contributed by atoms with Crippen molar-refractivity contribution in [1.29, 1.82) is 0 Å². The van der Waals surface area contributed by atoms with Gasteiger partial charge >= 0.3 is 0 Å². The van der Waals surface area contributed by atoms with Crippen LogP contribution in [0.25, 0.3) is 5.53 Å². The second-order valence-electron chi connectivity index (χ2n) is 8.76. The first-order valence-corrected chi connectivity index (χ1v) is 10.3. The monoisotopic (exact) mass is 393 g/mol. The molecule has 2 aromatic carbocycles. The van der Waals surface area contributed by atoms with Crippen LogP contribution in [0.2, 0.25) is 0 Å². The van der Waals surface area contributed by atoms with E-state index in [1.54, 1.807) is 0 Å². The molecular formula is C27H27N3. The Morgan fingerprint density at radius 3 is 2.20 bits per heavy atom. The molecule has 0 amide bonds. The van der Waals surface area contributed by atoms with Crippen LogP contribution in [0.3, 0.4) is 0 Å². The highest BCUT2D eigenvalue weighted by Gasteiger charge is 2.30. The minimum absolute atomic E-state index is 0.108. The smallest absolute Gasteiger partial charge is 0.155 e. The molecule has 0 radical (unpaired) electrons. The molecule has 0 saturated heterocycles. The van der Waals surface area contributed by atoms with Gasteiger partial charge in [-0.25, -0.2) is 0 Å². The number of para-hydroxylation sites is 1. The Balaban J connectivity index is 1.86. The van der Waals surface area contributed by atoms with Gasteiger partial charge in [-0.3, -0.25) is 0 Å². The van der Waals surface area contributed by atoms with E-state index in [0.717, 1.165) is 28.2 Å². The maximum absolute atomic E-state index is 4.53. The molecule has 0 fully saturated rings. The van der Waals surface area contributed by atoms with Gasteiger partial charge in [0, 0.05) is 40.1 Å². The normalized spacial score (nSPS) is 16.6. The fourth-order valence-corrected chi connectivity index (χ4v) is 3.65. The zero-order chi connectivity index (χ0) is 21.3. The van der Waals surface area contributed by atoms with Gasteiger partial charge in [0.15, 0.2) is 11.3 Å². The Morgan fingerprint density at radius 1 is 0.967 bits per heavy atom. The molecule has 0 N–H and O–H groups in total. The second kappa shape index (κ2) is 7.78. The van der Waals surface area contributed by atoms with Gasteiger partial charge in [-0.05, 0) is 46.8 Å². The summed E-state index contributed by atoms with van der Waals surface area (Å²) in [5, 5.41) is 6.40. The van der Waals surface area contributed by atoms with Crippen molar-refractivity contribution in [1.82, 2.24) is 0 Å². The quantitative estimate of drug-likeness (QED) is 0.394. The number of rotatable bonds is 2. The van der Waals surface area contributed by atoms with Crippen molar-refractivity contribution in [3.05, 3.63) is 118 Å². The van der Waals surface area contributed by atoms with Gasteiger partial charge in [0.25, 0.3) is 0 Å². The molecule has 3 nitrogen and oxygen atoms in total. The molecule has 0 saturated carbocycles. The van der Waals surface area contributed by atoms with E-state index < -0.39 is 0 Å². The fraction of sp³-hybridized carbons (Fsp3) is 0.222. The zero-order valence-electron chi connectivity index (χ0n) is 18.3. The summed E-state index contributed by atoms with van der Waals surface area (Å²) in [6, 6.07) is 20.3. The van der Waals surface area contributed by atoms with E-state index in [1.807, 2.05) is 53.5 Å². The SMILES string of the molecule is CC1=CC(C(C)(C)C)=C[C+](C)C1=C=C1C(c2ccccc2)=N[N-]N1c1ccccc1. The molecule has 1 heterocycles. The molecule has 0 bridgehead atoms. The van der Waals surface area contributed by atoms with Gasteiger partial charge in [-0.2, -0.15) is 0 Å². The summed E-state index contributed by atoms with van der Waals surface area (Å²) in [5.41, 5.74) is 15.6. The van der Waals surface area contributed by atoms with Crippen LogP contribution in [0.4, 0.5) is 5.69 Å². The Morgan fingerprint density at radius 2 is 1.60 bits per heavy atom. The van der Waals surface area contributed by atoms with Crippen molar-refractivity contribution in [3.63, 3.8) is 0 Å². The molecule has 1 aliphatic heterocycles. The Hall–Kier alpha value is -3.42. The fourth-order valence-electron chi connectivity index (χ4n) is 3.65. The van der Waals surface area contributed by atoms with Crippen LogP contribution in [0.5, 0.6) is 0 Å². The molecule has 2 aromatic rings. The summed E-state index contributed by atoms with van der Waals surface area (Å²) in [5.74, 6) is 1.21. The second-order valence-corrected chi connectivity index (χ2v) is 8.76. The molecule has 1 aliphatic carbocycles. The third-order valence-corrected chi connectivity index (χ3v) is 5.36. The summed E-state index contributed by atoms with van der Waals surface area (Å²) in [7, 11) is 0. The summed E-state index contributed by atoms with van der Waals surface area (Å²) in [4.78, 5) is 0. The number of allylic oxidation sites excluding steroid dienone is 5. The zero-order valence-corrected chi connectivity index (χ0v) is 18.3. The van der Waals surface area contributed by atoms with Crippen molar-refractivity contribution in [2.75, 3.05) is 5.01 Å².